The number of aliphatic hydroxyl groups excluding tert-OH is 1. The van der Waals surface area contributed by atoms with Crippen molar-refractivity contribution in [2.45, 2.75) is 32.9 Å². The van der Waals surface area contributed by atoms with Gasteiger partial charge in [0.1, 0.15) is 0 Å². The fraction of sp³-hybridized carbons (Fsp3) is 0.562. The van der Waals surface area contributed by atoms with E-state index < -0.39 is 6.10 Å². The molecule has 1 aromatic carbocycles. The van der Waals surface area contributed by atoms with E-state index in [1.807, 2.05) is 57.1 Å². The van der Waals surface area contributed by atoms with Crippen LogP contribution in [0.3, 0.4) is 0 Å². The third-order valence-corrected chi connectivity index (χ3v) is 3.65. The first kappa shape index (κ1) is 17.3. The predicted molar refractivity (Wildman–Crippen MR) is 86.5 cm³/mol. The molecular formula is C16H27N3O2. The summed E-state index contributed by atoms with van der Waals surface area (Å²) in [6.07, 6.45) is 0.389. The Balaban J connectivity index is 2.38. The number of anilines is 1. The summed E-state index contributed by atoms with van der Waals surface area (Å²) in [6, 6.07) is 7.74. The summed E-state index contributed by atoms with van der Waals surface area (Å²) < 4.78 is 0. The highest BCUT2D eigenvalue weighted by atomic mass is 16.3. The molecule has 118 valence electrons. The number of amides is 2. The average Bonchev–Trinajstić information content (AvgIpc) is 2.49. The van der Waals surface area contributed by atoms with Crippen LogP contribution >= 0.6 is 0 Å². The summed E-state index contributed by atoms with van der Waals surface area (Å²) in [5.41, 5.74) is 2.14. The summed E-state index contributed by atoms with van der Waals surface area (Å²) in [4.78, 5) is 13.7. The van der Waals surface area contributed by atoms with Crippen LogP contribution < -0.4 is 15.5 Å². The highest BCUT2D eigenvalue weighted by molar-refractivity contribution is 5.73. The van der Waals surface area contributed by atoms with Crippen molar-refractivity contribution in [2.24, 2.45) is 5.92 Å². The molecule has 2 atom stereocenters. The van der Waals surface area contributed by atoms with Crippen molar-refractivity contribution in [2.75, 3.05) is 25.5 Å². The summed E-state index contributed by atoms with van der Waals surface area (Å²) in [5, 5.41) is 15.3. The molecule has 1 aromatic rings. The van der Waals surface area contributed by atoms with E-state index in [1.165, 1.54) is 0 Å². The first-order valence-corrected chi connectivity index (χ1v) is 7.40. The van der Waals surface area contributed by atoms with Crippen molar-refractivity contribution in [3.8, 4) is 0 Å². The number of carbonyl (C=O) groups is 1. The third kappa shape index (κ3) is 6.04. The topological polar surface area (TPSA) is 64.6 Å². The molecule has 0 bridgehead atoms. The molecule has 0 fully saturated rings. The number of rotatable bonds is 7. The first-order valence-electron chi connectivity index (χ1n) is 7.40. The smallest absolute Gasteiger partial charge is 0.315 e. The number of urea groups is 1. The zero-order valence-corrected chi connectivity index (χ0v) is 13.4. The lowest BCUT2D eigenvalue weighted by Crippen LogP contribution is -2.41. The molecule has 0 aliphatic rings. The predicted octanol–water partition coefficient (Wildman–Crippen LogP) is 1.96. The van der Waals surface area contributed by atoms with Gasteiger partial charge in [-0.3, -0.25) is 0 Å². The summed E-state index contributed by atoms with van der Waals surface area (Å²) >= 11 is 0. The maximum atomic E-state index is 11.7. The Hall–Kier alpha value is -1.75. The summed E-state index contributed by atoms with van der Waals surface area (Å²) in [7, 11) is 3.96. The van der Waals surface area contributed by atoms with Crippen LogP contribution in [0.1, 0.15) is 25.8 Å². The molecule has 2 amide bonds. The van der Waals surface area contributed by atoms with Crippen LogP contribution in [0, 0.1) is 5.92 Å². The lowest BCUT2D eigenvalue weighted by atomic mass is 10.0. The van der Waals surface area contributed by atoms with Gasteiger partial charge >= 0.3 is 6.03 Å². The van der Waals surface area contributed by atoms with E-state index in [2.05, 4.69) is 10.6 Å². The van der Waals surface area contributed by atoms with Gasteiger partial charge in [0.05, 0.1) is 6.10 Å². The van der Waals surface area contributed by atoms with Crippen LogP contribution in [-0.2, 0) is 6.54 Å². The number of nitrogens with one attached hydrogen (secondary N) is 2. The molecule has 0 saturated heterocycles. The molecule has 21 heavy (non-hydrogen) atoms. The van der Waals surface area contributed by atoms with Crippen molar-refractivity contribution < 1.29 is 9.90 Å². The van der Waals surface area contributed by atoms with Crippen LogP contribution in [0.15, 0.2) is 24.3 Å². The molecule has 5 nitrogen and oxygen atoms in total. The normalized spacial score (nSPS) is 13.4. The van der Waals surface area contributed by atoms with E-state index in [1.54, 1.807) is 0 Å². The second kappa shape index (κ2) is 8.52. The zero-order chi connectivity index (χ0) is 15.8. The molecule has 1 rings (SSSR count). The quantitative estimate of drug-likeness (QED) is 0.720. The Morgan fingerprint density at radius 1 is 1.33 bits per heavy atom. The Kier molecular flexibility index (Phi) is 7.02. The van der Waals surface area contributed by atoms with Crippen LogP contribution in [0.5, 0.6) is 0 Å². The molecule has 0 aliphatic heterocycles. The van der Waals surface area contributed by atoms with Gasteiger partial charge in [-0.15, -0.1) is 0 Å². The fourth-order valence-electron chi connectivity index (χ4n) is 1.86. The van der Waals surface area contributed by atoms with Gasteiger partial charge in [-0.1, -0.05) is 32.4 Å². The lowest BCUT2D eigenvalue weighted by molar-refractivity contribution is 0.114. The number of nitrogens with zero attached hydrogens (tertiary/aromatic N) is 1. The van der Waals surface area contributed by atoms with E-state index in [0.717, 1.165) is 17.7 Å². The first-order chi connectivity index (χ1) is 9.93. The van der Waals surface area contributed by atoms with E-state index in [-0.39, 0.29) is 18.5 Å². The molecule has 0 heterocycles. The Bertz CT molecular complexity index is 449. The number of hydrogen-bond acceptors (Lipinski definition) is 3. The summed E-state index contributed by atoms with van der Waals surface area (Å²) in [5.74, 6) is 0.182. The highest BCUT2D eigenvalue weighted by Gasteiger charge is 2.13. The van der Waals surface area contributed by atoms with E-state index >= 15 is 0 Å². The standard InChI is InChI=1S/C16H27N3O2/c1-5-12(2)15(20)11-18-16(21)17-10-13-7-6-8-14(9-13)19(3)4/h6-9,12,15,20H,5,10-11H2,1-4H3,(H2,17,18,21). The second-order valence-electron chi connectivity index (χ2n) is 5.58. The minimum atomic E-state index is -0.502. The second-order valence-corrected chi connectivity index (χ2v) is 5.58. The van der Waals surface area contributed by atoms with Gasteiger partial charge in [0.15, 0.2) is 0 Å². The van der Waals surface area contributed by atoms with E-state index in [4.69, 9.17) is 0 Å². The zero-order valence-electron chi connectivity index (χ0n) is 13.4. The fourth-order valence-corrected chi connectivity index (χ4v) is 1.86. The molecule has 2 unspecified atom stereocenters. The van der Waals surface area contributed by atoms with Crippen LogP contribution in [0.2, 0.25) is 0 Å². The Morgan fingerprint density at radius 2 is 2.05 bits per heavy atom. The maximum absolute atomic E-state index is 11.7. The molecule has 3 N–H and O–H groups in total. The lowest BCUT2D eigenvalue weighted by Gasteiger charge is -2.18. The monoisotopic (exact) mass is 293 g/mol. The van der Waals surface area contributed by atoms with Crippen molar-refractivity contribution in [1.29, 1.82) is 0 Å². The Labute approximate surface area is 127 Å². The molecule has 0 saturated carbocycles. The van der Waals surface area contributed by atoms with Crippen molar-refractivity contribution in [3.63, 3.8) is 0 Å². The summed E-state index contributed by atoms with van der Waals surface area (Å²) in [6.45, 7) is 4.73. The minimum absolute atomic E-state index is 0.182. The minimum Gasteiger partial charge on any atom is -0.391 e. The van der Waals surface area contributed by atoms with Gasteiger partial charge in [0.25, 0.3) is 0 Å². The largest absolute Gasteiger partial charge is 0.391 e. The van der Waals surface area contributed by atoms with Crippen molar-refractivity contribution >= 4 is 11.7 Å². The van der Waals surface area contributed by atoms with Gasteiger partial charge in [-0.05, 0) is 23.6 Å². The average molecular weight is 293 g/mol. The van der Waals surface area contributed by atoms with Gasteiger partial charge in [0.2, 0.25) is 0 Å². The molecular weight excluding hydrogens is 266 g/mol. The van der Waals surface area contributed by atoms with Gasteiger partial charge in [-0.25, -0.2) is 4.79 Å². The van der Waals surface area contributed by atoms with Crippen LogP contribution in [-0.4, -0.2) is 37.9 Å². The number of aliphatic hydroxyl groups is 1. The SMILES string of the molecule is CCC(C)C(O)CNC(=O)NCc1cccc(N(C)C)c1. The maximum Gasteiger partial charge on any atom is 0.315 e. The van der Waals surface area contributed by atoms with Gasteiger partial charge in [0, 0.05) is 32.9 Å². The van der Waals surface area contributed by atoms with Crippen LogP contribution in [0.25, 0.3) is 0 Å². The number of benzene rings is 1. The Morgan fingerprint density at radius 3 is 2.67 bits per heavy atom. The molecule has 0 aliphatic carbocycles. The van der Waals surface area contributed by atoms with Crippen molar-refractivity contribution in [3.05, 3.63) is 29.8 Å². The van der Waals surface area contributed by atoms with Crippen molar-refractivity contribution in [1.82, 2.24) is 10.6 Å². The van der Waals surface area contributed by atoms with Gasteiger partial charge in [-0.2, -0.15) is 0 Å². The van der Waals surface area contributed by atoms with Crippen LogP contribution in [0.4, 0.5) is 10.5 Å². The third-order valence-electron chi connectivity index (χ3n) is 3.65. The molecule has 0 radical (unpaired) electrons. The van der Waals surface area contributed by atoms with E-state index in [9.17, 15) is 9.90 Å². The number of carbonyl (C=O) groups excluding carboxylic acids is 1. The number of hydrogen-bond donors (Lipinski definition) is 3. The molecule has 0 spiro atoms. The molecule has 5 heteroatoms. The van der Waals surface area contributed by atoms with E-state index in [0.29, 0.717) is 6.54 Å². The highest BCUT2D eigenvalue weighted by Crippen LogP contribution is 2.13. The molecule has 0 aromatic heterocycles. The van der Waals surface area contributed by atoms with Gasteiger partial charge < -0.3 is 20.6 Å².